The highest BCUT2D eigenvalue weighted by molar-refractivity contribution is 7.91. The zero-order chi connectivity index (χ0) is 16.1. The van der Waals surface area contributed by atoms with Crippen molar-refractivity contribution in [1.82, 2.24) is 0 Å². The summed E-state index contributed by atoms with van der Waals surface area (Å²) in [5.74, 6) is -1.96. The fourth-order valence-electron chi connectivity index (χ4n) is 2.83. The zero-order valence-electron chi connectivity index (χ0n) is 12.0. The molecule has 1 saturated heterocycles. The number of carbonyl (C=O) groups excluding carboxylic acids is 1. The third-order valence-electron chi connectivity index (χ3n) is 3.95. The molecule has 1 spiro atoms. The molecule has 0 saturated carbocycles. The molecule has 2 aromatic rings. The predicted molar refractivity (Wildman–Crippen MR) is 80.5 cm³/mol. The maximum absolute atomic E-state index is 12.7. The van der Waals surface area contributed by atoms with Gasteiger partial charge in [-0.3, -0.25) is 4.79 Å². The lowest BCUT2D eigenvalue weighted by Gasteiger charge is -2.19. The lowest BCUT2D eigenvalue weighted by molar-refractivity contribution is -0.178. The smallest absolute Gasteiger partial charge is 0.289 e. The van der Waals surface area contributed by atoms with E-state index in [1.165, 1.54) is 24.3 Å². The first kappa shape index (κ1) is 14.4. The van der Waals surface area contributed by atoms with Crippen molar-refractivity contribution in [3.63, 3.8) is 0 Å². The summed E-state index contributed by atoms with van der Waals surface area (Å²) in [6.45, 7) is 0.561. The summed E-state index contributed by atoms with van der Waals surface area (Å²) < 4.78 is 36.4. The number of amides is 1. The maximum Gasteiger partial charge on any atom is 0.289 e. The number of anilines is 1. The van der Waals surface area contributed by atoms with Crippen LogP contribution in [0.5, 0.6) is 0 Å². The van der Waals surface area contributed by atoms with Gasteiger partial charge in [0.2, 0.25) is 9.84 Å². The molecule has 1 amide bonds. The van der Waals surface area contributed by atoms with E-state index >= 15 is 0 Å². The van der Waals surface area contributed by atoms with Crippen molar-refractivity contribution in [3.05, 3.63) is 54.1 Å². The molecule has 0 aromatic heterocycles. The number of sulfone groups is 1. The Bertz CT molecular complexity index is 886. The lowest BCUT2D eigenvalue weighted by atomic mass is 10.1. The second-order valence-electron chi connectivity index (χ2n) is 5.29. The van der Waals surface area contributed by atoms with Crippen molar-refractivity contribution in [3.8, 4) is 0 Å². The van der Waals surface area contributed by atoms with Gasteiger partial charge in [-0.2, -0.15) is 0 Å². The first-order valence-electron chi connectivity index (χ1n) is 7.08. The summed E-state index contributed by atoms with van der Waals surface area (Å²) >= 11 is 0. The quantitative estimate of drug-likeness (QED) is 0.905. The Kier molecular flexibility index (Phi) is 3.06. The molecule has 2 heterocycles. The molecule has 2 aliphatic rings. The van der Waals surface area contributed by atoms with E-state index in [0.29, 0.717) is 11.3 Å². The number of rotatable bonds is 2. The molecular weight excluding hydrogens is 318 g/mol. The molecule has 2 aliphatic heterocycles. The van der Waals surface area contributed by atoms with Gasteiger partial charge >= 0.3 is 0 Å². The number of benzene rings is 2. The van der Waals surface area contributed by atoms with Crippen molar-refractivity contribution in [2.45, 2.75) is 15.6 Å². The van der Waals surface area contributed by atoms with Crippen LogP contribution in [-0.2, 0) is 29.9 Å². The number of hydrogen-bond acceptors (Lipinski definition) is 5. The predicted octanol–water partition coefficient (Wildman–Crippen LogP) is 1.67. The van der Waals surface area contributed by atoms with Gasteiger partial charge < -0.3 is 14.8 Å². The third kappa shape index (κ3) is 2.01. The number of hydrogen-bond donors (Lipinski definition) is 1. The largest absolute Gasteiger partial charge is 0.336 e. The van der Waals surface area contributed by atoms with Gasteiger partial charge in [0.1, 0.15) is 0 Å². The van der Waals surface area contributed by atoms with E-state index in [4.69, 9.17) is 9.47 Å². The standard InChI is InChI=1S/C16H13NO5S/c18-15-16(21-8-9-22-16)13-10-12(6-7-14(13)17-15)23(19,20)11-4-2-1-3-5-11/h1-7,10H,8-9H2,(H,17,18). The fraction of sp³-hybridized carbons (Fsp3) is 0.188. The van der Waals surface area contributed by atoms with Crippen LogP contribution in [0.3, 0.4) is 0 Å². The number of fused-ring (bicyclic) bond motifs is 2. The Morgan fingerprint density at radius 3 is 2.35 bits per heavy atom. The van der Waals surface area contributed by atoms with Gasteiger partial charge in [-0.15, -0.1) is 0 Å². The maximum atomic E-state index is 12.7. The molecule has 23 heavy (non-hydrogen) atoms. The SMILES string of the molecule is O=C1Nc2ccc(S(=O)(=O)c3ccccc3)cc2C12OCCO2. The van der Waals surface area contributed by atoms with Crippen LogP contribution < -0.4 is 5.32 Å². The topological polar surface area (TPSA) is 81.7 Å². The molecule has 0 radical (unpaired) electrons. The van der Waals surface area contributed by atoms with E-state index < -0.39 is 21.5 Å². The number of nitrogens with one attached hydrogen (secondary N) is 1. The van der Waals surface area contributed by atoms with Crippen LogP contribution >= 0.6 is 0 Å². The van der Waals surface area contributed by atoms with E-state index in [9.17, 15) is 13.2 Å². The van der Waals surface area contributed by atoms with Gasteiger partial charge in [-0.05, 0) is 30.3 Å². The summed E-state index contributed by atoms with van der Waals surface area (Å²) in [4.78, 5) is 12.5. The van der Waals surface area contributed by atoms with Crippen LogP contribution in [0.1, 0.15) is 5.56 Å². The molecule has 7 heteroatoms. The molecule has 0 bridgehead atoms. The fourth-order valence-corrected chi connectivity index (χ4v) is 4.14. The van der Waals surface area contributed by atoms with Crippen LogP contribution in [0.2, 0.25) is 0 Å². The molecule has 2 aromatic carbocycles. The minimum atomic E-state index is -3.67. The van der Waals surface area contributed by atoms with Crippen LogP contribution in [0.4, 0.5) is 5.69 Å². The summed E-state index contributed by atoms with van der Waals surface area (Å²) in [5, 5.41) is 2.66. The highest BCUT2D eigenvalue weighted by atomic mass is 32.2. The Labute approximate surface area is 133 Å². The van der Waals surface area contributed by atoms with E-state index in [1.807, 2.05) is 0 Å². The van der Waals surface area contributed by atoms with Crippen molar-refractivity contribution in [1.29, 1.82) is 0 Å². The second kappa shape index (κ2) is 4.89. The molecule has 1 fully saturated rings. The minimum absolute atomic E-state index is 0.0948. The van der Waals surface area contributed by atoms with Gasteiger partial charge in [0.25, 0.3) is 11.7 Å². The van der Waals surface area contributed by atoms with Gasteiger partial charge in [0.15, 0.2) is 0 Å². The summed E-state index contributed by atoms with van der Waals surface area (Å²) in [6.07, 6.45) is 0. The molecule has 118 valence electrons. The summed E-state index contributed by atoms with van der Waals surface area (Å²) in [6, 6.07) is 12.6. The van der Waals surface area contributed by atoms with Gasteiger partial charge in [-0.1, -0.05) is 18.2 Å². The van der Waals surface area contributed by atoms with Crippen LogP contribution in [-0.4, -0.2) is 27.5 Å². The minimum Gasteiger partial charge on any atom is -0.336 e. The van der Waals surface area contributed by atoms with Gasteiger partial charge in [0, 0.05) is 5.56 Å². The Morgan fingerprint density at radius 1 is 0.957 bits per heavy atom. The van der Waals surface area contributed by atoms with Crippen molar-refractivity contribution in [2.75, 3.05) is 18.5 Å². The van der Waals surface area contributed by atoms with Crippen LogP contribution in [0.25, 0.3) is 0 Å². The van der Waals surface area contributed by atoms with Crippen molar-refractivity contribution < 1.29 is 22.7 Å². The first-order valence-corrected chi connectivity index (χ1v) is 8.56. The molecule has 0 atom stereocenters. The Morgan fingerprint density at radius 2 is 1.65 bits per heavy atom. The normalized spacial score (nSPS) is 18.9. The van der Waals surface area contributed by atoms with Crippen LogP contribution in [0, 0.1) is 0 Å². The summed E-state index contributed by atoms with van der Waals surface area (Å²) in [7, 11) is -3.67. The summed E-state index contributed by atoms with van der Waals surface area (Å²) in [5.41, 5.74) is 0.904. The Hall–Kier alpha value is -2.22. The number of ether oxygens (including phenoxy) is 2. The molecule has 4 rings (SSSR count). The highest BCUT2D eigenvalue weighted by Gasteiger charge is 2.52. The zero-order valence-corrected chi connectivity index (χ0v) is 12.8. The highest BCUT2D eigenvalue weighted by Crippen LogP contribution is 2.43. The average Bonchev–Trinajstić information content (AvgIpc) is 3.16. The second-order valence-corrected chi connectivity index (χ2v) is 7.24. The van der Waals surface area contributed by atoms with E-state index in [0.717, 1.165) is 0 Å². The third-order valence-corrected chi connectivity index (χ3v) is 5.72. The van der Waals surface area contributed by atoms with E-state index in [-0.39, 0.29) is 23.0 Å². The monoisotopic (exact) mass is 331 g/mol. The Balaban J connectivity index is 1.86. The molecule has 1 N–H and O–H groups in total. The van der Waals surface area contributed by atoms with E-state index in [2.05, 4.69) is 5.32 Å². The van der Waals surface area contributed by atoms with Crippen LogP contribution in [0.15, 0.2) is 58.3 Å². The molecule has 0 aliphatic carbocycles. The average molecular weight is 331 g/mol. The van der Waals surface area contributed by atoms with Crippen molar-refractivity contribution in [2.24, 2.45) is 0 Å². The van der Waals surface area contributed by atoms with Gasteiger partial charge in [-0.25, -0.2) is 8.42 Å². The molecule has 6 nitrogen and oxygen atoms in total. The number of carbonyl (C=O) groups is 1. The van der Waals surface area contributed by atoms with Gasteiger partial charge in [0.05, 0.1) is 28.7 Å². The van der Waals surface area contributed by atoms with Crippen molar-refractivity contribution >= 4 is 21.4 Å². The first-order chi connectivity index (χ1) is 11.0. The lowest BCUT2D eigenvalue weighted by Crippen LogP contribution is -2.35. The van der Waals surface area contributed by atoms with E-state index in [1.54, 1.807) is 24.3 Å². The molecule has 0 unspecified atom stereocenters. The molecular formula is C16H13NO5S.